The van der Waals surface area contributed by atoms with E-state index in [0.717, 1.165) is 0 Å². The molecule has 0 aliphatic heterocycles. The van der Waals surface area contributed by atoms with Gasteiger partial charge >= 0.3 is 0 Å². The van der Waals surface area contributed by atoms with Crippen molar-refractivity contribution in [1.82, 2.24) is 13.7 Å². The Bertz CT molecular complexity index is 10700. The van der Waals surface area contributed by atoms with Crippen molar-refractivity contribution < 1.29 is 0 Å². The molecule has 0 N–H and O–H groups in total. The molecule has 31 aromatic rings. The van der Waals surface area contributed by atoms with Crippen LogP contribution < -0.4 is 0 Å². The van der Waals surface area contributed by atoms with Crippen LogP contribution in [0.25, 0.3) is 290 Å². The van der Waals surface area contributed by atoms with Gasteiger partial charge in [-0.2, -0.15) is 0 Å². The number of para-hydroxylation sites is 6. The summed E-state index contributed by atoms with van der Waals surface area (Å²) >= 11 is 0. The van der Waals surface area contributed by atoms with Crippen LogP contribution in [0.2, 0.25) is 0 Å². The Morgan fingerprint density at radius 3 is 0.821 bits per heavy atom. The minimum absolute atomic E-state index is 1.17. The molecular weight excluding hydrogens is 1750 g/mol. The van der Waals surface area contributed by atoms with Crippen LogP contribution >= 0.6 is 0 Å². The first kappa shape index (κ1) is 83.0. The quantitative estimate of drug-likeness (QED) is 0.0958. The third kappa shape index (κ3) is 13.4. The molecule has 0 amide bonds. The third-order valence-electron chi connectivity index (χ3n) is 30.8. The molecule has 0 saturated heterocycles. The number of nitrogens with zero attached hydrogens (tertiary/aromatic N) is 3. The molecule has 3 heteroatoms. The molecule has 3 nitrogen and oxygen atoms in total. The molecule has 0 aliphatic carbocycles. The summed E-state index contributed by atoms with van der Waals surface area (Å²) in [7, 11) is 0. The lowest BCUT2D eigenvalue weighted by Gasteiger charge is -2.19. The predicted octanol–water partition coefficient (Wildman–Crippen LogP) is 39.3. The first-order valence-electron chi connectivity index (χ1n) is 50.2. The minimum Gasteiger partial charge on any atom is -0.309 e. The van der Waals surface area contributed by atoms with Gasteiger partial charge in [0.1, 0.15) is 0 Å². The minimum atomic E-state index is 1.17. The Labute approximate surface area is 837 Å². The number of fused-ring (bicyclic) bond motifs is 24. The third-order valence-corrected chi connectivity index (χ3v) is 30.8. The summed E-state index contributed by atoms with van der Waals surface area (Å²) in [4.78, 5) is 0. The highest BCUT2D eigenvalue weighted by molar-refractivity contribution is 6.31. The van der Waals surface area contributed by atoms with Crippen molar-refractivity contribution in [1.29, 1.82) is 0 Å². The van der Waals surface area contributed by atoms with Crippen molar-refractivity contribution in [3.63, 3.8) is 0 Å². The number of hydrogen-bond donors (Lipinski definition) is 0. The van der Waals surface area contributed by atoms with Gasteiger partial charge in [-0.05, 0) is 270 Å². The van der Waals surface area contributed by atoms with Crippen molar-refractivity contribution in [2.75, 3.05) is 0 Å². The highest BCUT2D eigenvalue weighted by Gasteiger charge is 2.26. The molecule has 145 heavy (non-hydrogen) atoms. The van der Waals surface area contributed by atoms with E-state index < -0.39 is 0 Å². The zero-order valence-electron chi connectivity index (χ0n) is 79.2. The Balaban J connectivity index is 0.000000104. The SMILES string of the molecule is c1ccc(-c2c3ccccc3c(-c3ccc(-c4cc5c6ccccc6n(-c6ccccc6)c5c5ccccc45)cc3)c3ccc4ccccc4c23)cc1.c1ccc(-n2c3ccccc3c3cc(-c4ccc(-c5cc6c7ccccc7ccc6c6ccccc56)cc4)c4ccccc4c32)cc1.c1ccc(-n2c3ccccc3c3cc(-c4ccc(-c5ccc6ccc7cccc8ccc5c6c78)cc4)c4ccccc4c32)cc1. The monoisotopic (exact) mass is 1840 g/mol. The van der Waals surface area contributed by atoms with Gasteiger partial charge in [-0.3, -0.25) is 0 Å². The van der Waals surface area contributed by atoms with Gasteiger partial charge in [-0.15, -0.1) is 0 Å². The molecule has 28 aromatic carbocycles. The lowest BCUT2D eigenvalue weighted by molar-refractivity contribution is 1.19. The number of benzene rings is 28. The smallest absolute Gasteiger partial charge is 0.0619 e. The van der Waals surface area contributed by atoms with Crippen LogP contribution in [-0.2, 0) is 0 Å². The maximum atomic E-state index is 2.43. The largest absolute Gasteiger partial charge is 0.309 e. The van der Waals surface area contributed by atoms with Gasteiger partial charge in [0.15, 0.2) is 0 Å². The van der Waals surface area contributed by atoms with Crippen molar-refractivity contribution in [2.45, 2.75) is 0 Å². The molecular formula is C142H89N3. The van der Waals surface area contributed by atoms with Gasteiger partial charge < -0.3 is 13.7 Å². The fraction of sp³-hybridized carbons (Fsp3) is 0. The van der Waals surface area contributed by atoms with Crippen LogP contribution in [0.3, 0.4) is 0 Å². The Morgan fingerprint density at radius 2 is 0.379 bits per heavy atom. The first-order chi connectivity index (χ1) is 72.0. The van der Waals surface area contributed by atoms with Crippen LogP contribution in [0.15, 0.2) is 540 Å². The highest BCUT2D eigenvalue weighted by Crippen LogP contribution is 2.52. The second kappa shape index (κ2) is 33.9. The Kier molecular flexibility index (Phi) is 19.4. The van der Waals surface area contributed by atoms with Gasteiger partial charge in [-0.25, -0.2) is 0 Å². The van der Waals surface area contributed by atoms with E-state index in [1.54, 1.807) is 0 Å². The highest BCUT2D eigenvalue weighted by atomic mass is 15.0. The Hall–Kier alpha value is -19.1. The molecule has 0 bridgehead atoms. The first-order valence-corrected chi connectivity index (χ1v) is 50.2. The topological polar surface area (TPSA) is 14.8 Å². The summed E-state index contributed by atoms with van der Waals surface area (Å²) in [5.41, 5.74) is 28.4. The number of aromatic nitrogens is 3. The molecule has 0 spiro atoms. The van der Waals surface area contributed by atoms with Gasteiger partial charge in [-0.1, -0.05) is 461 Å². The van der Waals surface area contributed by atoms with E-state index in [0.29, 0.717) is 0 Å². The van der Waals surface area contributed by atoms with E-state index >= 15 is 0 Å². The summed E-state index contributed by atoms with van der Waals surface area (Å²) in [6.07, 6.45) is 0. The van der Waals surface area contributed by atoms with Gasteiger partial charge in [0.2, 0.25) is 0 Å². The molecule has 0 unspecified atom stereocenters. The maximum absolute atomic E-state index is 2.43. The van der Waals surface area contributed by atoms with Crippen LogP contribution in [0, 0.1) is 0 Å². The zero-order chi connectivity index (χ0) is 95.3. The average molecular weight is 1840 g/mol. The van der Waals surface area contributed by atoms with Crippen molar-refractivity contribution >= 4 is 195 Å². The van der Waals surface area contributed by atoms with Crippen LogP contribution in [0.1, 0.15) is 0 Å². The van der Waals surface area contributed by atoms with E-state index in [1.165, 1.54) is 290 Å². The van der Waals surface area contributed by atoms with Crippen molar-refractivity contribution in [2.24, 2.45) is 0 Å². The second-order valence-corrected chi connectivity index (χ2v) is 38.6. The van der Waals surface area contributed by atoms with Crippen LogP contribution in [-0.4, -0.2) is 13.7 Å². The molecule has 0 radical (unpaired) electrons. The number of hydrogen-bond acceptors (Lipinski definition) is 0. The summed E-state index contributed by atoms with van der Waals surface area (Å²) in [6.45, 7) is 0. The summed E-state index contributed by atoms with van der Waals surface area (Å²) in [6, 6.07) is 198. The van der Waals surface area contributed by atoms with E-state index in [4.69, 9.17) is 0 Å². The Morgan fingerprint density at radius 1 is 0.110 bits per heavy atom. The lowest BCUT2D eigenvalue weighted by Crippen LogP contribution is -1.94. The standard InChI is InChI=1S/C52H33N.C46H29N.C44H27N/c1-3-16-36(17-4-1)50-43-24-11-10-23-42(43)49(45-32-31-34-15-7-8-20-39(34)51(45)50)37-29-27-35(28-30-37)46-33-47-41-22-13-14-26-48(41)53(38-18-5-2-6-19-38)52(47)44-25-12-9-21-40(44)46;1-2-13-33(14-3-1)47-45-21-11-10-19-39(45)44-29-42(37-18-8-9-20-40(37)46(44)47)32-24-22-31(23-25-32)41-28-43-34-15-5-4-12-30(34)26-27-38(43)35-16-6-7-17-36(35)41;1-2-11-33(12-3-1)45-41-16-7-6-14-36(41)40-27-39(35-13-4-5-15-38(35)44(40)45)29-19-17-28(18-20-29)34-25-23-32-22-21-30-9-8-10-31-24-26-37(34)43(32)42(30)31/h1-33H;1-29H;1-27H. The van der Waals surface area contributed by atoms with Gasteiger partial charge in [0.05, 0.1) is 33.1 Å². The van der Waals surface area contributed by atoms with Crippen molar-refractivity contribution in [3.05, 3.63) is 540 Å². The predicted molar refractivity (Wildman–Crippen MR) is 622 cm³/mol. The summed E-state index contributed by atoms with van der Waals surface area (Å²) in [5.74, 6) is 0. The lowest BCUT2D eigenvalue weighted by atomic mass is 9.84. The normalized spacial score (nSPS) is 11.9. The zero-order valence-corrected chi connectivity index (χ0v) is 79.2. The van der Waals surface area contributed by atoms with E-state index in [-0.39, 0.29) is 0 Å². The molecule has 0 saturated carbocycles. The molecule has 0 aliphatic rings. The van der Waals surface area contributed by atoms with Crippen LogP contribution in [0.4, 0.5) is 0 Å². The van der Waals surface area contributed by atoms with Crippen LogP contribution in [0.5, 0.6) is 0 Å². The molecule has 3 heterocycles. The molecule has 672 valence electrons. The summed E-state index contributed by atoms with van der Waals surface area (Å²) < 4.78 is 7.28. The van der Waals surface area contributed by atoms with Crippen molar-refractivity contribution in [3.8, 4) is 95.0 Å². The second-order valence-electron chi connectivity index (χ2n) is 38.6. The fourth-order valence-corrected chi connectivity index (χ4v) is 24.4. The van der Waals surface area contributed by atoms with E-state index in [1.807, 2.05) is 0 Å². The maximum Gasteiger partial charge on any atom is 0.0619 e. The fourth-order valence-electron chi connectivity index (χ4n) is 24.4. The summed E-state index contributed by atoms with van der Waals surface area (Å²) in [5, 5.41) is 38.5. The molecule has 31 rings (SSSR count). The average Bonchev–Trinajstić information content (AvgIpc) is 1.00. The van der Waals surface area contributed by atoms with Gasteiger partial charge in [0.25, 0.3) is 0 Å². The van der Waals surface area contributed by atoms with Gasteiger partial charge in [0, 0.05) is 65.5 Å². The molecule has 0 atom stereocenters. The number of rotatable bonds is 10. The van der Waals surface area contributed by atoms with E-state index in [9.17, 15) is 0 Å². The molecule has 0 fully saturated rings. The van der Waals surface area contributed by atoms with E-state index in [2.05, 4.69) is 554 Å². The molecule has 3 aromatic heterocycles.